The monoisotopic (exact) mass is 471 g/mol. The highest BCUT2D eigenvalue weighted by Gasteiger charge is 2.14. The van der Waals surface area contributed by atoms with Crippen molar-refractivity contribution < 1.29 is 0 Å². The Morgan fingerprint density at radius 1 is 1.23 bits per heavy atom. The van der Waals surface area contributed by atoms with Crippen molar-refractivity contribution in [3.8, 4) is 0 Å². The zero-order valence-corrected chi connectivity index (χ0v) is 18.1. The summed E-state index contributed by atoms with van der Waals surface area (Å²) in [6.07, 6.45) is 11.0. The molecule has 0 spiro atoms. The second kappa shape index (κ2) is 10.5. The lowest BCUT2D eigenvalue weighted by Crippen LogP contribution is -2.37. The molecule has 2 aromatic rings. The maximum Gasteiger partial charge on any atom is 0.191 e. The highest BCUT2D eigenvalue weighted by Crippen LogP contribution is 2.15. The van der Waals surface area contributed by atoms with Gasteiger partial charge in [0.2, 0.25) is 0 Å². The maximum absolute atomic E-state index is 4.39. The van der Waals surface area contributed by atoms with Crippen LogP contribution in [0.25, 0.3) is 0 Å². The molecule has 2 N–H and O–H groups in total. The molecular formula is C18H30IN7. The molecule has 8 heteroatoms. The number of nitrogens with zero attached hydrogens (tertiary/aromatic N) is 5. The average molecular weight is 471 g/mol. The van der Waals surface area contributed by atoms with Gasteiger partial charge < -0.3 is 19.8 Å². The van der Waals surface area contributed by atoms with Gasteiger partial charge in [-0.15, -0.1) is 34.2 Å². The Labute approximate surface area is 172 Å². The number of fused-ring (bicyclic) bond motifs is 1. The van der Waals surface area contributed by atoms with Gasteiger partial charge >= 0.3 is 0 Å². The van der Waals surface area contributed by atoms with Crippen molar-refractivity contribution in [1.29, 1.82) is 0 Å². The molecule has 0 aliphatic carbocycles. The first-order valence-electron chi connectivity index (χ1n) is 9.22. The molecular weight excluding hydrogens is 441 g/mol. The number of hydrogen-bond donors (Lipinski definition) is 2. The molecule has 2 aromatic heterocycles. The van der Waals surface area contributed by atoms with Crippen LogP contribution >= 0.6 is 24.0 Å². The first kappa shape index (κ1) is 20.7. The van der Waals surface area contributed by atoms with Crippen molar-refractivity contribution >= 4 is 29.9 Å². The van der Waals surface area contributed by atoms with Crippen molar-refractivity contribution in [1.82, 2.24) is 30.0 Å². The molecule has 3 rings (SSSR count). The standard InChI is InChI=1S/C18H29N7.HI/c1-19-18(21-13-15-9-12-24(2)14-15)20-10-6-8-17-23-22-16-7-4-3-5-11-25(16)17;/h9,12,14H,3-8,10-11,13H2,1-2H3,(H2,19,20,21);1H. The van der Waals surface area contributed by atoms with Gasteiger partial charge in [0.15, 0.2) is 5.96 Å². The van der Waals surface area contributed by atoms with Gasteiger partial charge in [0, 0.05) is 59.0 Å². The van der Waals surface area contributed by atoms with Crippen LogP contribution in [0.5, 0.6) is 0 Å². The molecule has 0 aromatic carbocycles. The number of rotatable bonds is 6. The smallest absolute Gasteiger partial charge is 0.191 e. The number of halogens is 1. The second-order valence-electron chi connectivity index (χ2n) is 6.64. The van der Waals surface area contributed by atoms with Crippen molar-refractivity contribution in [2.45, 2.75) is 51.6 Å². The lowest BCUT2D eigenvalue weighted by molar-refractivity contribution is 0.594. The van der Waals surface area contributed by atoms with E-state index in [1.54, 1.807) is 7.05 Å². The molecule has 0 bridgehead atoms. The van der Waals surface area contributed by atoms with Crippen LogP contribution < -0.4 is 10.6 Å². The zero-order chi connectivity index (χ0) is 17.5. The first-order chi connectivity index (χ1) is 12.3. The van der Waals surface area contributed by atoms with E-state index in [0.717, 1.165) is 50.7 Å². The van der Waals surface area contributed by atoms with Gasteiger partial charge in [0.1, 0.15) is 11.6 Å². The van der Waals surface area contributed by atoms with Gasteiger partial charge in [-0.3, -0.25) is 4.99 Å². The van der Waals surface area contributed by atoms with Crippen molar-refractivity contribution in [3.63, 3.8) is 0 Å². The molecule has 0 fully saturated rings. The summed E-state index contributed by atoms with van der Waals surface area (Å²) in [6.45, 7) is 2.72. The lowest BCUT2D eigenvalue weighted by atomic mass is 10.2. The molecule has 1 aliphatic rings. The predicted molar refractivity (Wildman–Crippen MR) is 115 cm³/mol. The van der Waals surface area contributed by atoms with E-state index in [-0.39, 0.29) is 24.0 Å². The topological polar surface area (TPSA) is 72.1 Å². The van der Waals surface area contributed by atoms with E-state index >= 15 is 0 Å². The Morgan fingerprint density at radius 3 is 2.88 bits per heavy atom. The fraction of sp³-hybridized carbons (Fsp3) is 0.611. The van der Waals surface area contributed by atoms with E-state index in [4.69, 9.17) is 0 Å². The van der Waals surface area contributed by atoms with Gasteiger partial charge in [-0.2, -0.15) is 0 Å². The third kappa shape index (κ3) is 5.72. The van der Waals surface area contributed by atoms with E-state index in [1.165, 1.54) is 30.7 Å². The van der Waals surface area contributed by atoms with Gasteiger partial charge in [0.05, 0.1) is 0 Å². The van der Waals surface area contributed by atoms with Crippen LogP contribution in [0.1, 0.15) is 42.9 Å². The number of aryl methyl sites for hydroxylation is 3. The van der Waals surface area contributed by atoms with Crippen LogP contribution in [0.3, 0.4) is 0 Å². The SMILES string of the molecule is CN=C(NCCCc1nnc2n1CCCCC2)NCc1ccn(C)c1.I. The quantitative estimate of drug-likeness (QED) is 0.294. The summed E-state index contributed by atoms with van der Waals surface area (Å²) in [7, 11) is 3.83. The number of nitrogens with one attached hydrogen (secondary N) is 2. The Hall–Kier alpha value is -1.58. The number of hydrogen-bond acceptors (Lipinski definition) is 3. The molecule has 26 heavy (non-hydrogen) atoms. The van der Waals surface area contributed by atoms with E-state index < -0.39 is 0 Å². The zero-order valence-electron chi connectivity index (χ0n) is 15.7. The molecule has 144 valence electrons. The molecule has 1 aliphatic heterocycles. The Balaban J connectivity index is 0.00000243. The summed E-state index contributed by atoms with van der Waals surface area (Å²) in [6, 6.07) is 2.11. The molecule has 0 radical (unpaired) electrons. The fourth-order valence-corrected chi connectivity index (χ4v) is 3.26. The van der Waals surface area contributed by atoms with Gasteiger partial charge in [0.25, 0.3) is 0 Å². The maximum atomic E-state index is 4.39. The summed E-state index contributed by atoms with van der Waals surface area (Å²) in [5, 5.41) is 15.5. The summed E-state index contributed by atoms with van der Waals surface area (Å²) in [5.41, 5.74) is 1.25. The molecule has 7 nitrogen and oxygen atoms in total. The summed E-state index contributed by atoms with van der Waals surface area (Å²) in [5.74, 6) is 3.13. The normalized spacial score (nSPS) is 14.3. The van der Waals surface area contributed by atoms with Crippen molar-refractivity contribution in [3.05, 3.63) is 35.7 Å². The molecule has 0 atom stereocenters. The molecule has 0 unspecified atom stereocenters. The average Bonchev–Trinajstić information content (AvgIpc) is 3.12. The van der Waals surface area contributed by atoms with Crippen LogP contribution in [-0.4, -0.2) is 38.9 Å². The largest absolute Gasteiger partial charge is 0.357 e. The number of aromatic nitrogens is 4. The third-order valence-corrected chi connectivity index (χ3v) is 4.63. The second-order valence-corrected chi connectivity index (χ2v) is 6.64. The Bertz CT molecular complexity index is 704. The third-order valence-electron chi connectivity index (χ3n) is 4.63. The minimum absolute atomic E-state index is 0. The Morgan fingerprint density at radius 2 is 2.12 bits per heavy atom. The van der Waals surface area contributed by atoms with Crippen molar-refractivity contribution in [2.24, 2.45) is 12.0 Å². The number of aliphatic imine (C=N–C) groups is 1. The molecule has 0 saturated carbocycles. The highest BCUT2D eigenvalue weighted by atomic mass is 127. The van der Waals surface area contributed by atoms with E-state index in [1.807, 2.05) is 7.05 Å². The van der Waals surface area contributed by atoms with Crippen LogP contribution in [-0.2, 0) is 33.0 Å². The predicted octanol–water partition coefficient (Wildman–Crippen LogP) is 2.26. The van der Waals surface area contributed by atoms with E-state index in [2.05, 4.69) is 53.4 Å². The summed E-state index contributed by atoms with van der Waals surface area (Å²) < 4.78 is 4.38. The fourth-order valence-electron chi connectivity index (χ4n) is 3.26. The van der Waals surface area contributed by atoms with Crippen LogP contribution in [0.15, 0.2) is 23.5 Å². The van der Waals surface area contributed by atoms with Crippen LogP contribution in [0.4, 0.5) is 0 Å². The number of guanidine groups is 1. The summed E-state index contributed by atoms with van der Waals surface area (Å²) >= 11 is 0. The van der Waals surface area contributed by atoms with Crippen LogP contribution in [0.2, 0.25) is 0 Å². The van der Waals surface area contributed by atoms with Gasteiger partial charge in [-0.05, 0) is 30.9 Å². The van der Waals surface area contributed by atoms with E-state index in [9.17, 15) is 0 Å². The van der Waals surface area contributed by atoms with E-state index in [0.29, 0.717) is 0 Å². The van der Waals surface area contributed by atoms with Crippen LogP contribution in [0, 0.1) is 0 Å². The lowest BCUT2D eigenvalue weighted by Gasteiger charge is -2.11. The highest BCUT2D eigenvalue weighted by molar-refractivity contribution is 14.0. The minimum Gasteiger partial charge on any atom is -0.357 e. The van der Waals surface area contributed by atoms with Crippen molar-refractivity contribution in [2.75, 3.05) is 13.6 Å². The molecule has 0 saturated heterocycles. The van der Waals surface area contributed by atoms with Gasteiger partial charge in [-0.25, -0.2) is 0 Å². The van der Waals surface area contributed by atoms with Gasteiger partial charge in [-0.1, -0.05) is 6.42 Å². The Kier molecular flexibility index (Phi) is 8.40. The minimum atomic E-state index is 0. The summed E-state index contributed by atoms with van der Waals surface area (Å²) in [4.78, 5) is 4.28. The molecule has 0 amide bonds. The molecule has 3 heterocycles. The first-order valence-corrected chi connectivity index (χ1v) is 9.22.